The lowest BCUT2D eigenvalue weighted by Gasteiger charge is -2.31. The second-order valence-corrected chi connectivity index (χ2v) is 7.13. The molecule has 18 heavy (non-hydrogen) atoms. The third-order valence-corrected chi connectivity index (χ3v) is 5.52. The Morgan fingerprint density at radius 1 is 1.33 bits per heavy atom. The first-order chi connectivity index (χ1) is 8.69. The Morgan fingerprint density at radius 3 is 2.72 bits per heavy atom. The van der Waals surface area contributed by atoms with Gasteiger partial charge in [0.05, 0.1) is 6.04 Å². The smallest absolute Gasteiger partial charge is 0.237 e. The first kappa shape index (κ1) is 14.0. The lowest BCUT2D eigenvalue weighted by atomic mass is 9.90. The number of hydrogen-bond acceptors (Lipinski definition) is 3. The van der Waals surface area contributed by atoms with Gasteiger partial charge in [-0.15, -0.1) is 0 Å². The molecule has 5 heteroatoms. The first-order valence-electron chi connectivity index (χ1n) is 7.07. The highest BCUT2D eigenvalue weighted by Gasteiger charge is 2.28. The van der Waals surface area contributed by atoms with E-state index in [1.54, 1.807) is 0 Å². The van der Waals surface area contributed by atoms with E-state index in [2.05, 4.69) is 17.6 Å². The number of hydrogen-bond donors (Lipinski definition) is 2. The van der Waals surface area contributed by atoms with Crippen LogP contribution in [0, 0.1) is 5.92 Å². The molecule has 0 aliphatic carbocycles. The monoisotopic (exact) mass is 272 g/mol. The number of nitrogens with one attached hydrogen (secondary N) is 2. The molecule has 2 atom stereocenters. The standard InChI is InChI=1S/C13H24N2O2S/c1-2-10-3-6-14-12(9-10)13(16)15-11-4-7-18(17)8-5-11/h10-12,14H,2-9H2,1H3,(H,15,16). The SMILES string of the molecule is CCC1CCNC(C(=O)NC2CCS(=O)CC2)C1. The molecule has 2 saturated heterocycles. The van der Waals surface area contributed by atoms with Crippen LogP contribution in [-0.2, 0) is 15.6 Å². The molecular weight excluding hydrogens is 248 g/mol. The minimum Gasteiger partial charge on any atom is -0.352 e. The van der Waals surface area contributed by atoms with Crippen molar-refractivity contribution in [1.29, 1.82) is 0 Å². The molecule has 0 spiro atoms. The zero-order chi connectivity index (χ0) is 13.0. The quantitative estimate of drug-likeness (QED) is 0.799. The zero-order valence-corrected chi connectivity index (χ0v) is 11.9. The van der Waals surface area contributed by atoms with Gasteiger partial charge in [-0.25, -0.2) is 0 Å². The van der Waals surface area contributed by atoms with Gasteiger partial charge in [0.15, 0.2) is 0 Å². The predicted molar refractivity (Wildman–Crippen MR) is 73.8 cm³/mol. The van der Waals surface area contributed by atoms with Crippen LogP contribution < -0.4 is 10.6 Å². The molecule has 2 rings (SSSR count). The maximum absolute atomic E-state index is 12.2. The van der Waals surface area contributed by atoms with Crippen LogP contribution in [0.5, 0.6) is 0 Å². The second-order valence-electron chi connectivity index (χ2n) is 5.44. The summed E-state index contributed by atoms with van der Waals surface area (Å²) in [5.41, 5.74) is 0. The van der Waals surface area contributed by atoms with Crippen LogP contribution in [0.15, 0.2) is 0 Å². The fraction of sp³-hybridized carbons (Fsp3) is 0.923. The third kappa shape index (κ3) is 3.79. The number of carbonyl (C=O) groups excluding carboxylic acids is 1. The van der Waals surface area contributed by atoms with Gasteiger partial charge in [-0.3, -0.25) is 9.00 Å². The van der Waals surface area contributed by atoms with Gasteiger partial charge in [0.1, 0.15) is 0 Å². The predicted octanol–water partition coefficient (Wildman–Crippen LogP) is 0.792. The summed E-state index contributed by atoms with van der Waals surface area (Å²) < 4.78 is 11.3. The summed E-state index contributed by atoms with van der Waals surface area (Å²) in [6, 6.07) is 0.218. The van der Waals surface area contributed by atoms with Crippen molar-refractivity contribution in [3.05, 3.63) is 0 Å². The average Bonchev–Trinajstić information content (AvgIpc) is 2.41. The molecule has 2 fully saturated rings. The molecule has 2 N–H and O–H groups in total. The minimum absolute atomic E-state index is 0.0175. The van der Waals surface area contributed by atoms with E-state index < -0.39 is 10.8 Å². The van der Waals surface area contributed by atoms with E-state index in [9.17, 15) is 9.00 Å². The summed E-state index contributed by atoms with van der Waals surface area (Å²) in [4.78, 5) is 12.2. The van der Waals surface area contributed by atoms with Gasteiger partial charge < -0.3 is 10.6 Å². The Kier molecular flexibility index (Phi) is 5.18. The molecule has 0 aromatic carbocycles. The van der Waals surface area contributed by atoms with Crippen LogP contribution in [0.3, 0.4) is 0 Å². The average molecular weight is 272 g/mol. The summed E-state index contributed by atoms with van der Waals surface area (Å²) in [5.74, 6) is 2.30. The molecule has 0 bridgehead atoms. The van der Waals surface area contributed by atoms with Crippen LogP contribution in [0.4, 0.5) is 0 Å². The minimum atomic E-state index is -0.655. The third-order valence-electron chi connectivity index (χ3n) is 4.14. The second kappa shape index (κ2) is 6.66. The lowest BCUT2D eigenvalue weighted by molar-refractivity contribution is -0.124. The van der Waals surface area contributed by atoms with Crippen molar-refractivity contribution in [3.63, 3.8) is 0 Å². The van der Waals surface area contributed by atoms with Crippen molar-refractivity contribution in [2.45, 2.75) is 51.1 Å². The van der Waals surface area contributed by atoms with E-state index in [0.717, 1.165) is 43.7 Å². The number of carbonyl (C=O) groups is 1. The fourth-order valence-corrected chi connectivity index (χ4v) is 4.11. The van der Waals surface area contributed by atoms with Gasteiger partial charge in [-0.05, 0) is 38.1 Å². The highest BCUT2D eigenvalue weighted by molar-refractivity contribution is 7.85. The normalized spacial score (nSPS) is 37.2. The van der Waals surface area contributed by atoms with Crippen LogP contribution in [0.2, 0.25) is 0 Å². The van der Waals surface area contributed by atoms with Gasteiger partial charge in [0.25, 0.3) is 0 Å². The summed E-state index contributed by atoms with van der Waals surface area (Å²) in [7, 11) is -0.655. The summed E-state index contributed by atoms with van der Waals surface area (Å²) in [6.45, 7) is 3.15. The van der Waals surface area contributed by atoms with E-state index in [4.69, 9.17) is 0 Å². The molecule has 0 aromatic heterocycles. The molecule has 2 aliphatic rings. The number of piperidine rings is 1. The van der Waals surface area contributed by atoms with Gasteiger partial charge in [0.2, 0.25) is 5.91 Å². The van der Waals surface area contributed by atoms with Crippen molar-refractivity contribution < 1.29 is 9.00 Å². The largest absolute Gasteiger partial charge is 0.352 e. The van der Waals surface area contributed by atoms with Crippen molar-refractivity contribution in [2.24, 2.45) is 5.92 Å². The number of rotatable bonds is 3. The van der Waals surface area contributed by atoms with E-state index in [1.165, 1.54) is 6.42 Å². The Morgan fingerprint density at radius 2 is 2.06 bits per heavy atom. The summed E-state index contributed by atoms with van der Waals surface area (Å²) >= 11 is 0. The molecule has 0 radical (unpaired) electrons. The highest BCUT2D eigenvalue weighted by atomic mass is 32.2. The molecule has 104 valence electrons. The van der Waals surface area contributed by atoms with E-state index in [1.807, 2.05) is 0 Å². The maximum Gasteiger partial charge on any atom is 0.237 e. The van der Waals surface area contributed by atoms with Crippen molar-refractivity contribution >= 4 is 16.7 Å². The molecular formula is C13H24N2O2S. The molecule has 2 unspecified atom stereocenters. The highest BCUT2D eigenvalue weighted by Crippen LogP contribution is 2.19. The lowest BCUT2D eigenvalue weighted by Crippen LogP contribution is -2.52. The number of amides is 1. The van der Waals surface area contributed by atoms with Crippen LogP contribution in [0.1, 0.15) is 39.0 Å². The maximum atomic E-state index is 12.2. The van der Waals surface area contributed by atoms with Crippen molar-refractivity contribution in [3.8, 4) is 0 Å². The van der Waals surface area contributed by atoms with Crippen LogP contribution in [-0.4, -0.2) is 40.3 Å². The van der Waals surface area contributed by atoms with Gasteiger partial charge in [-0.2, -0.15) is 0 Å². The summed E-state index contributed by atoms with van der Waals surface area (Å²) in [6.07, 6.45) is 5.03. The molecule has 0 aromatic rings. The Bertz CT molecular complexity index is 312. The first-order valence-corrected chi connectivity index (χ1v) is 8.56. The van der Waals surface area contributed by atoms with Gasteiger partial charge in [-0.1, -0.05) is 13.3 Å². The molecule has 0 saturated carbocycles. The van der Waals surface area contributed by atoms with Crippen molar-refractivity contribution in [2.75, 3.05) is 18.1 Å². The van der Waals surface area contributed by atoms with E-state index in [0.29, 0.717) is 5.92 Å². The fourth-order valence-electron chi connectivity index (χ4n) is 2.81. The van der Waals surface area contributed by atoms with Crippen LogP contribution in [0.25, 0.3) is 0 Å². The molecule has 1 amide bonds. The van der Waals surface area contributed by atoms with E-state index in [-0.39, 0.29) is 18.0 Å². The van der Waals surface area contributed by atoms with Gasteiger partial charge >= 0.3 is 0 Å². The summed E-state index contributed by atoms with van der Waals surface area (Å²) in [5, 5.41) is 6.43. The molecule has 2 aliphatic heterocycles. The Labute approximate surface area is 112 Å². The zero-order valence-electron chi connectivity index (χ0n) is 11.1. The topological polar surface area (TPSA) is 58.2 Å². The van der Waals surface area contributed by atoms with E-state index >= 15 is 0 Å². The molecule has 4 nitrogen and oxygen atoms in total. The Balaban J connectivity index is 1.78. The Hall–Kier alpha value is -0.420. The van der Waals surface area contributed by atoms with Gasteiger partial charge in [0, 0.05) is 28.3 Å². The van der Waals surface area contributed by atoms with Crippen LogP contribution >= 0.6 is 0 Å². The van der Waals surface area contributed by atoms with Crippen molar-refractivity contribution in [1.82, 2.24) is 10.6 Å². The molecule has 2 heterocycles.